The van der Waals surface area contributed by atoms with Crippen molar-refractivity contribution in [2.24, 2.45) is 11.7 Å². The molecule has 2 unspecified atom stereocenters. The van der Waals surface area contributed by atoms with E-state index in [0.29, 0.717) is 11.8 Å². The van der Waals surface area contributed by atoms with E-state index in [9.17, 15) is 0 Å². The molecule has 0 saturated heterocycles. The summed E-state index contributed by atoms with van der Waals surface area (Å²) >= 11 is 6.07. The van der Waals surface area contributed by atoms with Gasteiger partial charge in [-0.1, -0.05) is 18.5 Å². The van der Waals surface area contributed by atoms with Crippen LogP contribution in [0, 0.1) is 5.92 Å². The van der Waals surface area contributed by atoms with Crippen molar-refractivity contribution in [1.82, 2.24) is 0 Å². The van der Waals surface area contributed by atoms with Gasteiger partial charge in [0.05, 0.1) is 0 Å². The number of fused-ring (bicyclic) bond motifs is 1. The molecule has 16 heavy (non-hydrogen) atoms. The Hall–Kier alpha value is -0.730. The molecule has 2 rings (SSSR count). The summed E-state index contributed by atoms with van der Waals surface area (Å²) in [6.07, 6.45) is 1.07. The Balaban J connectivity index is 2.30. The summed E-state index contributed by atoms with van der Waals surface area (Å²) in [5.74, 6) is 1.19. The maximum atomic E-state index is 6.07. The number of benzene rings is 1. The van der Waals surface area contributed by atoms with Crippen molar-refractivity contribution in [2.45, 2.75) is 19.3 Å². The number of hydrogen-bond acceptors (Lipinski definition) is 2. The van der Waals surface area contributed by atoms with Crippen LogP contribution in [0.5, 0.6) is 0 Å². The molecule has 0 aliphatic carbocycles. The van der Waals surface area contributed by atoms with Gasteiger partial charge in [-0.25, -0.2) is 0 Å². The van der Waals surface area contributed by atoms with E-state index in [2.05, 4.69) is 31.0 Å². The minimum absolute atomic E-state index is 0.572. The van der Waals surface area contributed by atoms with E-state index in [0.717, 1.165) is 24.5 Å². The van der Waals surface area contributed by atoms with E-state index < -0.39 is 0 Å². The number of nitrogens with two attached hydrogens (primary N) is 1. The highest BCUT2D eigenvalue weighted by molar-refractivity contribution is 6.30. The molecule has 1 aromatic rings. The van der Waals surface area contributed by atoms with Gasteiger partial charge in [0.1, 0.15) is 0 Å². The molecule has 88 valence electrons. The molecule has 2 nitrogen and oxygen atoms in total. The topological polar surface area (TPSA) is 29.3 Å². The van der Waals surface area contributed by atoms with Gasteiger partial charge in [0.2, 0.25) is 0 Å². The summed E-state index contributed by atoms with van der Waals surface area (Å²) in [6, 6.07) is 6.19. The first-order chi connectivity index (χ1) is 7.63. The second-order valence-corrected chi connectivity index (χ2v) is 5.18. The molecule has 1 heterocycles. The molecule has 2 N–H and O–H groups in total. The van der Waals surface area contributed by atoms with E-state index in [1.165, 1.54) is 11.3 Å². The van der Waals surface area contributed by atoms with Crippen LogP contribution < -0.4 is 10.6 Å². The fraction of sp³-hybridized carbons (Fsp3) is 0.538. The zero-order valence-corrected chi connectivity index (χ0v) is 10.7. The first-order valence-electron chi connectivity index (χ1n) is 5.84. The predicted molar refractivity (Wildman–Crippen MR) is 70.3 cm³/mol. The third-order valence-corrected chi connectivity index (χ3v) is 3.81. The fourth-order valence-corrected chi connectivity index (χ4v) is 2.79. The maximum absolute atomic E-state index is 6.07. The average molecular weight is 239 g/mol. The Morgan fingerprint density at radius 2 is 2.31 bits per heavy atom. The van der Waals surface area contributed by atoms with Crippen LogP contribution in [-0.2, 0) is 0 Å². The van der Waals surface area contributed by atoms with Gasteiger partial charge in [0.25, 0.3) is 0 Å². The molecule has 0 saturated carbocycles. The SMILES string of the molecule is CC(CCN)C1CN(C)c2ccc(Cl)cc21. The minimum Gasteiger partial charge on any atom is -0.374 e. The van der Waals surface area contributed by atoms with E-state index in [1.54, 1.807) is 0 Å². The Bertz CT molecular complexity index is 378. The molecular weight excluding hydrogens is 220 g/mol. The maximum Gasteiger partial charge on any atom is 0.0410 e. The smallest absolute Gasteiger partial charge is 0.0410 e. The normalized spacial score (nSPS) is 21.0. The molecule has 1 aromatic carbocycles. The second kappa shape index (κ2) is 4.64. The van der Waals surface area contributed by atoms with Crippen molar-refractivity contribution in [3.63, 3.8) is 0 Å². The van der Waals surface area contributed by atoms with Gasteiger partial charge < -0.3 is 10.6 Å². The van der Waals surface area contributed by atoms with Gasteiger partial charge in [-0.3, -0.25) is 0 Å². The lowest BCUT2D eigenvalue weighted by Crippen LogP contribution is -2.20. The van der Waals surface area contributed by atoms with E-state index >= 15 is 0 Å². The molecule has 0 radical (unpaired) electrons. The third-order valence-electron chi connectivity index (χ3n) is 3.58. The number of anilines is 1. The van der Waals surface area contributed by atoms with Gasteiger partial charge in [-0.05, 0) is 42.6 Å². The molecule has 0 fully saturated rings. The van der Waals surface area contributed by atoms with Gasteiger partial charge in [0, 0.05) is 30.2 Å². The third kappa shape index (κ3) is 2.04. The lowest BCUT2D eigenvalue weighted by molar-refractivity contribution is 0.451. The molecule has 0 spiro atoms. The lowest BCUT2D eigenvalue weighted by Gasteiger charge is -2.19. The quantitative estimate of drug-likeness (QED) is 0.878. The van der Waals surface area contributed by atoms with Crippen LogP contribution in [0.3, 0.4) is 0 Å². The van der Waals surface area contributed by atoms with Gasteiger partial charge in [-0.2, -0.15) is 0 Å². The Morgan fingerprint density at radius 1 is 1.56 bits per heavy atom. The summed E-state index contributed by atoms with van der Waals surface area (Å²) in [4.78, 5) is 2.31. The predicted octanol–water partition coefficient (Wildman–Crippen LogP) is 2.86. The summed E-state index contributed by atoms with van der Waals surface area (Å²) in [7, 11) is 2.14. The molecule has 0 amide bonds. The highest BCUT2D eigenvalue weighted by Gasteiger charge is 2.30. The van der Waals surface area contributed by atoms with Crippen molar-refractivity contribution in [3.8, 4) is 0 Å². The van der Waals surface area contributed by atoms with E-state index in [4.69, 9.17) is 17.3 Å². The highest BCUT2D eigenvalue weighted by Crippen LogP contribution is 2.41. The van der Waals surface area contributed by atoms with Crippen molar-refractivity contribution in [3.05, 3.63) is 28.8 Å². The van der Waals surface area contributed by atoms with Crippen LogP contribution in [0.2, 0.25) is 5.02 Å². The molecule has 1 aliphatic rings. The standard InChI is InChI=1S/C13H19ClN2/c1-9(5-6-15)12-8-16(2)13-4-3-10(14)7-11(12)13/h3-4,7,9,12H,5-6,8,15H2,1-2H3. The summed E-state index contributed by atoms with van der Waals surface area (Å²) in [6.45, 7) is 4.12. The molecule has 1 aliphatic heterocycles. The van der Waals surface area contributed by atoms with Crippen molar-refractivity contribution in [1.29, 1.82) is 0 Å². The highest BCUT2D eigenvalue weighted by atomic mass is 35.5. The van der Waals surface area contributed by atoms with E-state index in [1.807, 2.05) is 6.07 Å². The monoisotopic (exact) mass is 238 g/mol. The summed E-state index contributed by atoms with van der Waals surface area (Å²) < 4.78 is 0. The summed E-state index contributed by atoms with van der Waals surface area (Å²) in [5.41, 5.74) is 8.34. The molecule has 0 aromatic heterocycles. The van der Waals surface area contributed by atoms with Crippen molar-refractivity contribution >= 4 is 17.3 Å². The Labute approximate surface area is 102 Å². The zero-order chi connectivity index (χ0) is 11.7. The first kappa shape index (κ1) is 11.7. The first-order valence-corrected chi connectivity index (χ1v) is 6.22. The van der Waals surface area contributed by atoms with Crippen molar-refractivity contribution in [2.75, 3.05) is 25.0 Å². The van der Waals surface area contributed by atoms with Crippen LogP contribution in [-0.4, -0.2) is 20.1 Å². The molecule has 3 heteroatoms. The number of rotatable bonds is 3. The number of halogens is 1. The largest absolute Gasteiger partial charge is 0.374 e. The molecule has 2 atom stereocenters. The van der Waals surface area contributed by atoms with Crippen LogP contribution in [0.15, 0.2) is 18.2 Å². The van der Waals surface area contributed by atoms with Crippen LogP contribution in [0.1, 0.15) is 24.8 Å². The number of likely N-dealkylation sites (N-methyl/N-ethyl adjacent to an activating group) is 1. The van der Waals surface area contributed by atoms with Gasteiger partial charge >= 0.3 is 0 Å². The van der Waals surface area contributed by atoms with Gasteiger partial charge in [0.15, 0.2) is 0 Å². The van der Waals surface area contributed by atoms with E-state index in [-0.39, 0.29) is 0 Å². The van der Waals surface area contributed by atoms with Crippen LogP contribution in [0.25, 0.3) is 0 Å². The van der Waals surface area contributed by atoms with Crippen LogP contribution >= 0.6 is 11.6 Å². The fourth-order valence-electron chi connectivity index (χ4n) is 2.61. The lowest BCUT2D eigenvalue weighted by atomic mass is 9.87. The molecule has 0 bridgehead atoms. The van der Waals surface area contributed by atoms with Gasteiger partial charge in [-0.15, -0.1) is 0 Å². The second-order valence-electron chi connectivity index (χ2n) is 4.74. The zero-order valence-electron chi connectivity index (χ0n) is 9.91. The van der Waals surface area contributed by atoms with Crippen LogP contribution in [0.4, 0.5) is 5.69 Å². The van der Waals surface area contributed by atoms with Crippen molar-refractivity contribution < 1.29 is 0 Å². The average Bonchev–Trinajstić information content (AvgIpc) is 2.56. The molecular formula is C13H19ClN2. The number of nitrogens with zero attached hydrogens (tertiary/aromatic N) is 1. The summed E-state index contributed by atoms with van der Waals surface area (Å²) in [5, 5.41) is 0.832. The Morgan fingerprint density at radius 3 is 3.00 bits per heavy atom. The Kier molecular flexibility index (Phi) is 3.41. The number of hydrogen-bond donors (Lipinski definition) is 1. The minimum atomic E-state index is 0.572.